The Kier molecular flexibility index (Phi) is 4.28. The van der Waals surface area contributed by atoms with Gasteiger partial charge in [0.2, 0.25) is 5.91 Å². The summed E-state index contributed by atoms with van der Waals surface area (Å²) in [5.41, 5.74) is 0.0127. The number of amides is 1. The molecule has 1 aliphatic rings. The van der Waals surface area contributed by atoms with Crippen molar-refractivity contribution < 1.29 is 14.7 Å². The van der Waals surface area contributed by atoms with Gasteiger partial charge >= 0.3 is 5.97 Å². The molecule has 5 nitrogen and oxygen atoms in total. The molecule has 0 aliphatic carbocycles. The summed E-state index contributed by atoms with van der Waals surface area (Å²) in [5.74, 6) is -0.910. The van der Waals surface area contributed by atoms with E-state index < -0.39 is 11.4 Å². The van der Waals surface area contributed by atoms with Gasteiger partial charge in [0.15, 0.2) is 0 Å². The van der Waals surface area contributed by atoms with Crippen LogP contribution in [0.25, 0.3) is 10.8 Å². The van der Waals surface area contributed by atoms with Gasteiger partial charge in [-0.25, -0.2) is 0 Å². The van der Waals surface area contributed by atoms with E-state index in [1.807, 2.05) is 54.3 Å². The molecule has 2 unspecified atom stereocenters. The van der Waals surface area contributed by atoms with Gasteiger partial charge in [-0.15, -0.1) is 0 Å². The predicted molar refractivity (Wildman–Crippen MR) is 94.0 cm³/mol. The number of fused-ring (bicyclic) bond motifs is 1. The van der Waals surface area contributed by atoms with E-state index in [0.29, 0.717) is 19.5 Å². The van der Waals surface area contributed by atoms with Crippen LogP contribution in [0, 0.1) is 5.41 Å². The summed E-state index contributed by atoms with van der Waals surface area (Å²) in [5, 5.41) is 14.4. The van der Waals surface area contributed by atoms with Crippen LogP contribution in [0.3, 0.4) is 0 Å². The van der Waals surface area contributed by atoms with E-state index in [0.717, 1.165) is 16.5 Å². The molecule has 24 heavy (non-hydrogen) atoms. The van der Waals surface area contributed by atoms with E-state index in [4.69, 9.17) is 0 Å². The maximum Gasteiger partial charge on any atom is 0.310 e. The topological polar surface area (TPSA) is 69.6 Å². The largest absolute Gasteiger partial charge is 0.481 e. The van der Waals surface area contributed by atoms with Crippen molar-refractivity contribution >= 4 is 28.3 Å². The van der Waals surface area contributed by atoms with E-state index in [1.54, 1.807) is 6.92 Å². The first-order valence-electron chi connectivity index (χ1n) is 8.17. The van der Waals surface area contributed by atoms with Crippen LogP contribution in [0.5, 0.6) is 0 Å². The third-order valence-corrected chi connectivity index (χ3v) is 4.99. The minimum Gasteiger partial charge on any atom is -0.481 e. The Balaban J connectivity index is 1.74. The molecule has 3 rings (SSSR count). The lowest BCUT2D eigenvalue weighted by atomic mass is 9.90. The maximum absolute atomic E-state index is 12.6. The van der Waals surface area contributed by atoms with Gasteiger partial charge in [0.1, 0.15) is 0 Å². The molecule has 0 radical (unpaired) electrons. The highest BCUT2D eigenvalue weighted by atomic mass is 16.4. The fraction of sp³-hybridized carbons (Fsp3) is 0.368. The van der Waals surface area contributed by atoms with Crippen molar-refractivity contribution in [3.05, 3.63) is 42.5 Å². The van der Waals surface area contributed by atoms with Gasteiger partial charge in [0.05, 0.1) is 11.5 Å². The fourth-order valence-electron chi connectivity index (χ4n) is 3.24. The molecule has 0 bridgehead atoms. The quantitative estimate of drug-likeness (QED) is 0.906. The van der Waals surface area contributed by atoms with Crippen LogP contribution in [0.2, 0.25) is 0 Å². The minimum atomic E-state index is -0.799. The van der Waals surface area contributed by atoms with E-state index in [9.17, 15) is 14.7 Å². The average molecular weight is 326 g/mol. The first kappa shape index (κ1) is 16.5. The third-order valence-electron chi connectivity index (χ3n) is 4.99. The molecule has 1 saturated heterocycles. The number of benzene rings is 2. The number of likely N-dealkylation sites (tertiary alicyclic amines) is 1. The van der Waals surface area contributed by atoms with Gasteiger partial charge in [0, 0.05) is 24.2 Å². The molecular weight excluding hydrogens is 304 g/mol. The lowest BCUT2D eigenvalue weighted by molar-refractivity contribution is -0.147. The smallest absolute Gasteiger partial charge is 0.310 e. The number of carbonyl (C=O) groups is 2. The highest BCUT2D eigenvalue weighted by Gasteiger charge is 2.42. The second-order valence-corrected chi connectivity index (χ2v) is 6.78. The molecule has 2 aromatic carbocycles. The van der Waals surface area contributed by atoms with Crippen LogP contribution in [0.15, 0.2) is 42.5 Å². The molecule has 1 aliphatic heterocycles. The number of carboxylic acid groups (broad SMARTS) is 1. The first-order valence-corrected chi connectivity index (χ1v) is 8.17. The van der Waals surface area contributed by atoms with Crippen LogP contribution in [0.4, 0.5) is 5.69 Å². The normalized spacial score (nSPS) is 22.4. The second-order valence-electron chi connectivity index (χ2n) is 6.78. The molecule has 1 fully saturated rings. The van der Waals surface area contributed by atoms with Crippen molar-refractivity contribution in [3.63, 3.8) is 0 Å². The molecule has 2 N–H and O–H groups in total. The molecule has 1 heterocycles. The molecule has 2 aromatic rings. The second kappa shape index (κ2) is 6.24. The Hall–Kier alpha value is -2.40. The van der Waals surface area contributed by atoms with E-state index in [2.05, 4.69) is 5.32 Å². The summed E-state index contributed by atoms with van der Waals surface area (Å²) in [4.78, 5) is 25.9. The van der Waals surface area contributed by atoms with E-state index in [-0.39, 0.29) is 11.9 Å². The third kappa shape index (κ3) is 2.99. The molecule has 126 valence electrons. The zero-order valence-electron chi connectivity index (χ0n) is 14.0. The van der Waals surface area contributed by atoms with Crippen LogP contribution >= 0.6 is 0 Å². The molecule has 0 saturated carbocycles. The summed E-state index contributed by atoms with van der Waals surface area (Å²) in [6, 6.07) is 13.3. The number of hydrogen-bond acceptors (Lipinski definition) is 3. The van der Waals surface area contributed by atoms with Crippen molar-refractivity contribution in [2.24, 2.45) is 5.41 Å². The lowest BCUT2D eigenvalue weighted by Gasteiger charge is -2.25. The van der Waals surface area contributed by atoms with Crippen LogP contribution in [0.1, 0.15) is 20.3 Å². The van der Waals surface area contributed by atoms with E-state index >= 15 is 0 Å². The summed E-state index contributed by atoms with van der Waals surface area (Å²) in [6.45, 7) is 4.58. The number of nitrogens with zero attached hydrogens (tertiary/aromatic N) is 1. The van der Waals surface area contributed by atoms with Crippen LogP contribution in [-0.4, -0.2) is 41.0 Å². The van der Waals surface area contributed by atoms with Gasteiger partial charge < -0.3 is 10.4 Å². The zero-order chi connectivity index (χ0) is 17.3. The molecule has 1 amide bonds. The first-order chi connectivity index (χ1) is 11.4. The highest BCUT2D eigenvalue weighted by Crippen LogP contribution is 2.31. The van der Waals surface area contributed by atoms with Crippen molar-refractivity contribution in [1.82, 2.24) is 4.90 Å². The predicted octanol–water partition coefficient (Wildman–Crippen LogP) is 2.96. The van der Waals surface area contributed by atoms with Crippen molar-refractivity contribution in [2.75, 3.05) is 18.4 Å². The van der Waals surface area contributed by atoms with Gasteiger partial charge in [-0.3, -0.25) is 14.5 Å². The molecular formula is C19H22N2O3. The number of carboxylic acids is 1. The Morgan fingerprint density at radius 2 is 1.92 bits per heavy atom. The van der Waals surface area contributed by atoms with Crippen LogP contribution < -0.4 is 5.32 Å². The average Bonchev–Trinajstić information content (AvgIpc) is 2.98. The van der Waals surface area contributed by atoms with Gasteiger partial charge in [-0.2, -0.15) is 0 Å². The van der Waals surface area contributed by atoms with Gasteiger partial charge in [-0.05, 0) is 31.7 Å². The minimum absolute atomic E-state index is 0.110. The van der Waals surface area contributed by atoms with Crippen molar-refractivity contribution in [1.29, 1.82) is 0 Å². The highest BCUT2D eigenvalue weighted by molar-refractivity contribution is 6.03. The number of rotatable bonds is 4. The number of hydrogen-bond donors (Lipinski definition) is 2. The Bertz CT molecular complexity index is 784. The van der Waals surface area contributed by atoms with E-state index in [1.165, 1.54) is 0 Å². The maximum atomic E-state index is 12.6. The Labute approximate surface area is 141 Å². The zero-order valence-corrected chi connectivity index (χ0v) is 14.0. The Morgan fingerprint density at radius 3 is 2.62 bits per heavy atom. The number of nitrogens with one attached hydrogen (secondary N) is 1. The summed E-state index contributed by atoms with van der Waals surface area (Å²) >= 11 is 0. The fourth-order valence-corrected chi connectivity index (χ4v) is 3.24. The van der Waals surface area contributed by atoms with Crippen molar-refractivity contribution in [3.8, 4) is 0 Å². The molecule has 0 aromatic heterocycles. The standard InChI is InChI=1S/C19H22N2O3/c1-13(21-11-10-19(2,12-21)18(23)24)17(22)20-16-9-5-7-14-6-3-4-8-15(14)16/h3-9,13H,10-12H2,1-2H3,(H,20,22)(H,23,24). The SMILES string of the molecule is CC(C(=O)Nc1cccc2ccccc12)N1CCC(C)(C(=O)O)C1. The molecule has 2 atom stereocenters. The molecule has 5 heteroatoms. The van der Waals surface area contributed by atoms with Crippen LogP contribution in [-0.2, 0) is 9.59 Å². The molecule has 0 spiro atoms. The summed E-state index contributed by atoms with van der Waals surface area (Å²) < 4.78 is 0. The summed E-state index contributed by atoms with van der Waals surface area (Å²) in [6.07, 6.45) is 0.564. The number of carbonyl (C=O) groups excluding carboxylic acids is 1. The lowest BCUT2D eigenvalue weighted by Crippen LogP contribution is -2.42. The summed E-state index contributed by atoms with van der Waals surface area (Å²) in [7, 11) is 0. The Morgan fingerprint density at radius 1 is 1.21 bits per heavy atom. The van der Waals surface area contributed by atoms with Gasteiger partial charge in [-0.1, -0.05) is 36.4 Å². The monoisotopic (exact) mass is 326 g/mol. The number of aliphatic carboxylic acids is 1. The van der Waals surface area contributed by atoms with Crippen molar-refractivity contribution in [2.45, 2.75) is 26.3 Å². The van der Waals surface area contributed by atoms with Gasteiger partial charge in [0.25, 0.3) is 0 Å². The number of anilines is 1.